The van der Waals surface area contributed by atoms with Gasteiger partial charge in [-0.1, -0.05) is 0 Å². The summed E-state index contributed by atoms with van der Waals surface area (Å²) in [5.41, 5.74) is 5.37. The van der Waals surface area contributed by atoms with E-state index < -0.39 is 11.4 Å². The molecule has 1 amide bonds. The summed E-state index contributed by atoms with van der Waals surface area (Å²) in [5, 5.41) is 16.0. The van der Waals surface area contributed by atoms with Gasteiger partial charge in [-0.2, -0.15) is 10.4 Å². The van der Waals surface area contributed by atoms with Crippen molar-refractivity contribution in [3.05, 3.63) is 11.3 Å². The van der Waals surface area contributed by atoms with E-state index in [0.29, 0.717) is 17.1 Å². The monoisotopic (exact) mass is 221 g/mol. The molecule has 0 saturated carbocycles. The lowest BCUT2D eigenvalue weighted by molar-refractivity contribution is -0.121. The first kappa shape index (κ1) is 12.0. The number of nitrogens with zero attached hydrogens (tertiary/aromatic N) is 3. The predicted octanol–water partition coefficient (Wildman–Crippen LogP) is 0.276. The summed E-state index contributed by atoms with van der Waals surface area (Å²) in [6.45, 7) is 5.04. The minimum atomic E-state index is -0.925. The number of nitrogens with one attached hydrogen (secondary N) is 1. The maximum Gasteiger partial charge on any atom is 0.242 e. The molecule has 0 radical (unpaired) electrons. The van der Waals surface area contributed by atoms with Gasteiger partial charge in [0.25, 0.3) is 0 Å². The quantitative estimate of drug-likeness (QED) is 0.765. The van der Waals surface area contributed by atoms with E-state index >= 15 is 0 Å². The first-order valence-corrected chi connectivity index (χ1v) is 4.81. The van der Waals surface area contributed by atoms with Gasteiger partial charge in [0.15, 0.2) is 0 Å². The van der Waals surface area contributed by atoms with Crippen LogP contribution in [-0.2, 0) is 11.8 Å². The highest BCUT2D eigenvalue weighted by atomic mass is 16.1. The number of nitrogens with two attached hydrogens (primary N) is 1. The zero-order valence-electron chi connectivity index (χ0n) is 9.83. The molecule has 0 unspecified atom stereocenters. The Morgan fingerprint density at radius 1 is 1.62 bits per heavy atom. The van der Waals surface area contributed by atoms with E-state index in [9.17, 15) is 4.79 Å². The number of carbonyl (C=O) groups is 1. The van der Waals surface area contributed by atoms with Gasteiger partial charge in [-0.3, -0.25) is 9.48 Å². The second-order valence-electron chi connectivity index (χ2n) is 4.16. The molecular weight excluding hydrogens is 206 g/mol. The molecule has 1 rings (SSSR count). The number of primary amides is 1. The maximum absolute atomic E-state index is 11.2. The summed E-state index contributed by atoms with van der Waals surface area (Å²) in [7, 11) is 1.70. The molecular formula is C10H15N5O. The van der Waals surface area contributed by atoms with Crippen LogP contribution in [-0.4, -0.2) is 21.2 Å². The van der Waals surface area contributed by atoms with Crippen LogP contribution in [0.1, 0.15) is 25.1 Å². The fraction of sp³-hybridized carbons (Fsp3) is 0.500. The molecule has 0 fully saturated rings. The van der Waals surface area contributed by atoms with Gasteiger partial charge in [0.2, 0.25) is 5.91 Å². The summed E-state index contributed by atoms with van der Waals surface area (Å²) >= 11 is 0. The number of aromatic nitrogens is 2. The standard InChI is InChI=1S/C10H15N5O/c1-6-7(5-11)8(15(4)14-6)13-10(2,3)9(12)16/h13H,1-4H3,(H2,12,16). The Hall–Kier alpha value is -2.03. The molecule has 6 nitrogen and oxygen atoms in total. The number of anilines is 1. The van der Waals surface area contributed by atoms with Gasteiger partial charge in [0.05, 0.1) is 5.69 Å². The van der Waals surface area contributed by atoms with Gasteiger partial charge < -0.3 is 11.1 Å². The van der Waals surface area contributed by atoms with E-state index in [-0.39, 0.29) is 0 Å². The van der Waals surface area contributed by atoms with E-state index in [1.165, 1.54) is 4.68 Å². The van der Waals surface area contributed by atoms with Crippen LogP contribution in [0.3, 0.4) is 0 Å². The van der Waals surface area contributed by atoms with Gasteiger partial charge >= 0.3 is 0 Å². The number of hydrogen-bond acceptors (Lipinski definition) is 4. The van der Waals surface area contributed by atoms with Gasteiger partial charge in [0.1, 0.15) is 23.0 Å². The largest absolute Gasteiger partial charge is 0.368 e. The molecule has 6 heteroatoms. The van der Waals surface area contributed by atoms with E-state index in [1.54, 1.807) is 27.8 Å². The van der Waals surface area contributed by atoms with Crippen molar-refractivity contribution in [2.24, 2.45) is 12.8 Å². The van der Waals surface area contributed by atoms with Crippen molar-refractivity contribution in [3.63, 3.8) is 0 Å². The number of nitriles is 1. The smallest absolute Gasteiger partial charge is 0.242 e. The van der Waals surface area contributed by atoms with Crippen molar-refractivity contribution < 1.29 is 4.79 Å². The average molecular weight is 221 g/mol. The predicted molar refractivity (Wildman–Crippen MR) is 59.6 cm³/mol. The van der Waals surface area contributed by atoms with Crippen LogP contribution in [0.25, 0.3) is 0 Å². The maximum atomic E-state index is 11.2. The number of amides is 1. The van der Waals surface area contributed by atoms with Gasteiger partial charge in [0, 0.05) is 7.05 Å². The van der Waals surface area contributed by atoms with Crippen molar-refractivity contribution in [1.29, 1.82) is 5.26 Å². The first-order valence-electron chi connectivity index (χ1n) is 4.81. The molecule has 0 bridgehead atoms. The number of carbonyl (C=O) groups excluding carboxylic acids is 1. The molecule has 3 N–H and O–H groups in total. The van der Waals surface area contributed by atoms with Crippen molar-refractivity contribution in [2.45, 2.75) is 26.3 Å². The van der Waals surface area contributed by atoms with E-state index in [4.69, 9.17) is 11.0 Å². The molecule has 1 aromatic rings. The van der Waals surface area contributed by atoms with E-state index in [0.717, 1.165) is 0 Å². The molecule has 0 aliphatic rings. The highest BCUT2D eigenvalue weighted by Gasteiger charge is 2.27. The number of hydrogen-bond donors (Lipinski definition) is 2. The van der Waals surface area contributed by atoms with Crippen molar-refractivity contribution >= 4 is 11.7 Å². The Labute approximate surface area is 94.0 Å². The fourth-order valence-electron chi connectivity index (χ4n) is 1.29. The van der Waals surface area contributed by atoms with Crippen LogP contribution in [0.2, 0.25) is 0 Å². The molecule has 0 aliphatic carbocycles. The molecule has 16 heavy (non-hydrogen) atoms. The summed E-state index contributed by atoms with van der Waals surface area (Å²) < 4.78 is 1.53. The molecule has 1 aromatic heterocycles. The minimum absolute atomic E-state index is 0.428. The van der Waals surface area contributed by atoms with Gasteiger partial charge in [-0.25, -0.2) is 0 Å². The van der Waals surface area contributed by atoms with Crippen LogP contribution in [0, 0.1) is 18.3 Å². The highest BCUT2D eigenvalue weighted by Crippen LogP contribution is 2.21. The summed E-state index contributed by atoms with van der Waals surface area (Å²) in [5.74, 6) is 0.0130. The minimum Gasteiger partial charge on any atom is -0.368 e. The van der Waals surface area contributed by atoms with Crippen molar-refractivity contribution in [2.75, 3.05) is 5.32 Å². The Balaban J connectivity index is 3.17. The average Bonchev–Trinajstić information content (AvgIpc) is 2.40. The lowest BCUT2D eigenvalue weighted by Crippen LogP contribution is -2.45. The first-order chi connectivity index (χ1) is 7.29. The van der Waals surface area contributed by atoms with Crippen LogP contribution in [0.15, 0.2) is 0 Å². The topological polar surface area (TPSA) is 96.7 Å². The van der Waals surface area contributed by atoms with Gasteiger partial charge in [-0.15, -0.1) is 0 Å². The highest BCUT2D eigenvalue weighted by molar-refractivity contribution is 5.87. The molecule has 1 heterocycles. The zero-order valence-corrected chi connectivity index (χ0v) is 9.83. The van der Waals surface area contributed by atoms with Crippen LogP contribution < -0.4 is 11.1 Å². The van der Waals surface area contributed by atoms with E-state index in [1.807, 2.05) is 6.07 Å². The number of aryl methyl sites for hydroxylation is 2. The SMILES string of the molecule is Cc1nn(C)c(NC(C)(C)C(N)=O)c1C#N. The molecule has 86 valence electrons. The molecule has 0 aromatic carbocycles. The van der Waals surface area contributed by atoms with E-state index in [2.05, 4.69) is 10.4 Å². The zero-order chi connectivity index (χ0) is 12.5. The van der Waals surface area contributed by atoms with Crippen molar-refractivity contribution in [1.82, 2.24) is 9.78 Å². The van der Waals surface area contributed by atoms with Crippen LogP contribution >= 0.6 is 0 Å². The Morgan fingerprint density at radius 2 is 2.19 bits per heavy atom. The Morgan fingerprint density at radius 3 is 2.62 bits per heavy atom. The summed E-state index contributed by atoms with van der Waals surface area (Å²) in [6.07, 6.45) is 0. The van der Waals surface area contributed by atoms with Gasteiger partial charge in [-0.05, 0) is 20.8 Å². The summed E-state index contributed by atoms with van der Waals surface area (Å²) in [4.78, 5) is 11.2. The Bertz CT molecular complexity index is 466. The molecule has 0 spiro atoms. The second kappa shape index (κ2) is 3.85. The van der Waals surface area contributed by atoms with Crippen LogP contribution in [0.5, 0.6) is 0 Å². The lowest BCUT2D eigenvalue weighted by atomic mass is 10.0. The number of rotatable bonds is 3. The Kier molecular flexibility index (Phi) is 2.90. The lowest BCUT2D eigenvalue weighted by Gasteiger charge is -2.23. The van der Waals surface area contributed by atoms with Crippen LogP contribution in [0.4, 0.5) is 5.82 Å². The fourth-order valence-corrected chi connectivity index (χ4v) is 1.29. The third kappa shape index (κ3) is 1.98. The third-order valence-electron chi connectivity index (χ3n) is 2.38. The third-order valence-corrected chi connectivity index (χ3v) is 2.38. The normalized spacial score (nSPS) is 10.9. The van der Waals surface area contributed by atoms with Crippen molar-refractivity contribution in [3.8, 4) is 6.07 Å². The molecule has 0 atom stereocenters. The molecule has 0 aliphatic heterocycles. The molecule has 0 saturated heterocycles. The second-order valence-corrected chi connectivity index (χ2v) is 4.16. The summed E-state index contributed by atoms with van der Waals surface area (Å²) in [6, 6.07) is 2.05.